The predicted octanol–water partition coefficient (Wildman–Crippen LogP) is 2.38. The number of nitrogens with zero attached hydrogens (tertiary/aromatic N) is 2. The van der Waals surface area contributed by atoms with Crippen molar-refractivity contribution in [3.05, 3.63) is 23.4 Å². The van der Waals surface area contributed by atoms with E-state index in [9.17, 15) is 13.2 Å². The minimum atomic E-state index is -4.51. The number of alkyl halides is 3. The van der Waals surface area contributed by atoms with Crippen molar-refractivity contribution in [1.82, 2.24) is 10.3 Å². The Morgan fingerprint density at radius 2 is 2.00 bits per heavy atom. The Kier molecular flexibility index (Phi) is 5.12. The average Bonchev–Trinajstić information content (AvgIpc) is 2.33. The van der Waals surface area contributed by atoms with Crippen LogP contribution in [0.3, 0.4) is 0 Å². The molecule has 0 radical (unpaired) electrons. The number of hydrogen-bond acceptors (Lipinski definition) is 4. The molecular weight excluding hydrogens is 257 g/mol. The number of aromatic nitrogens is 1. The molecule has 0 atom stereocenters. The van der Waals surface area contributed by atoms with Crippen molar-refractivity contribution in [2.75, 3.05) is 18.4 Å². The third kappa shape index (κ3) is 4.75. The summed E-state index contributed by atoms with van der Waals surface area (Å²) < 4.78 is 37.5. The normalized spacial score (nSPS) is 11.4. The molecule has 1 aromatic heterocycles. The van der Waals surface area contributed by atoms with Crippen LogP contribution in [-0.4, -0.2) is 24.1 Å². The molecule has 0 saturated heterocycles. The predicted molar refractivity (Wildman–Crippen MR) is 65.6 cm³/mol. The lowest BCUT2D eigenvalue weighted by molar-refractivity contribution is -0.141. The Hall–Kier alpha value is -1.81. The lowest BCUT2D eigenvalue weighted by atomic mass is 10.2. The molecule has 0 bridgehead atoms. The Bertz CT molecular complexity index is 463. The summed E-state index contributed by atoms with van der Waals surface area (Å²) in [5, 5.41) is 14.7. The summed E-state index contributed by atoms with van der Waals surface area (Å²) in [5.41, 5.74) is -0.914. The lowest BCUT2D eigenvalue weighted by Gasteiger charge is -2.12. The van der Waals surface area contributed by atoms with Gasteiger partial charge < -0.3 is 10.6 Å². The first-order valence-electron chi connectivity index (χ1n) is 5.80. The number of nitriles is 1. The molecule has 104 valence electrons. The van der Waals surface area contributed by atoms with Gasteiger partial charge in [0.15, 0.2) is 0 Å². The first-order chi connectivity index (χ1) is 8.84. The molecule has 0 aliphatic rings. The molecule has 0 aromatic carbocycles. The number of nitrogens with one attached hydrogen (secondary N) is 2. The van der Waals surface area contributed by atoms with Crippen LogP contribution in [0, 0.1) is 11.3 Å². The van der Waals surface area contributed by atoms with Gasteiger partial charge in [-0.25, -0.2) is 4.98 Å². The number of rotatable bonds is 5. The molecule has 7 heteroatoms. The summed E-state index contributed by atoms with van der Waals surface area (Å²) in [7, 11) is 0. The standard InChI is InChI=1S/C12H15F3N4/c1-8(2)17-5-6-18-11-9(7-16)3-4-10(19-11)12(13,14)15/h3-4,8,17H,5-6H2,1-2H3,(H,18,19). The molecule has 0 amide bonds. The summed E-state index contributed by atoms with van der Waals surface area (Å²) >= 11 is 0. The Labute approximate surface area is 109 Å². The fraction of sp³-hybridized carbons (Fsp3) is 0.500. The van der Waals surface area contributed by atoms with Gasteiger partial charge in [0.05, 0.1) is 5.56 Å². The number of hydrogen-bond donors (Lipinski definition) is 2. The molecule has 0 saturated carbocycles. The SMILES string of the molecule is CC(C)NCCNc1nc(C(F)(F)F)ccc1C#N. The fourth-order valence-electron chi connectivity index (χ4n) is 1.38. The van der Waals surface area contributed by atoms with Gasteiger partial charge in [0.25, 0.3) is 0 Å². The third-order valence-corrected chi connectivity index (χ3v) is 2.28. The van der Waals surface area contributed by atoms with E-state index in [1.54, 1.807) is 0 Å². The fourth-order valence-corrected chi connectivity index (χ4v) is 1.38. The average molecular weight is 272 g/mol. The van der Waals surface area contributed by atoms with Crippen LogP contribution in [0.1, 0.15) is 25.1 Å². The van der Waals surface area contributed by atoms with E-state index in [-0.39, 0.29) is 17.4 Å². The van der Waals surface area contributed by atoms with Crippen molar-refractivity contribution < 1.29 is 13.2 Å². The van der Waals surface area contributed by atoms with Gasteiger partial charge in [-0.2, -0.15) is 18.4 Å². The van der Waals surface area contributed by atoms with Gasteiger partial charge in [0.1, 0.15) is 17.6 Å². The zero-order valence-electron chi connectivity index (χ0n) is 10.7. The summed E-state index contributed by atoms with van der Waals surface area (Å²) in [4.78, 5) is 3.45. The van der Waals surface area contributed by atoms with Crippen molar-refractivity contribution >= 4 is 5.82 Å². The van der Waals surface area contributed by atoms with Crippen LogP contribution >= 0.6 is 0 Å². The summed E-state index contributed by atoms with van der Waals surface area (Å²) in [6.45, 7) is 4.88. The highest BCUT2D eigenvalue weighted by atomic mass is 19.4. The van der Waals surface area contributed by atoms with Crippen molar-refractivity contribution in [3.8, 4) is 6.07 Å². The van der Waals surface area contributed by atoms with Crippen molar-refractivity contribution in [1.29, 1.82) is 5.26 Å². The molecule has 0 unspecified atom stereocenters. The monoisotopic (exact) mass is 272 g/mol. The maximum absolute atomic E-state index is 12.5. The Balaban J connectivity index is 2.77. The third-order valence-electron chi connectivity index (χ3n) is 2.28. The maximum Gasteiger partial charge on any atom is 0.433 e. The van der Waals surface area contributed by atoms with E-state index < -0.39 is 11.9 Å². The molecule has 0 spiro atoms. The van der Waals surface area contributed by atoms with Gasteiger partial charge in [-0.3, -0.25) is 0 Å². The van der Waals surface area contributed by atoms with Gasteiger partial charge in [-0.05, 0) is 12.1 Å². The van der Waals surface area contributed by atoms with Crippen molar-refractivity contribution in [2.24, 2.45) is 0 Å². The molecule has 1 heterocycles. The van der Waals surface area contributed by atoms with Crippen molar-refractivity contribution in [3.63, 3.8) is 0 Å². The first kappa shape index (κ1) is 15.2. The number of anilines is 1. The summed E-state index contributed by atoms with van der Waals surface area (Å²) in [5.74, 6) is -0.0390. The first-order valence-corrected chi connectivity index (χ1v) is 5.80. The highest BCUT2D eigenvalue weighted by Crippen LogP contribution is 2.29. The largest absolute Gasteiger partial charge is 0.433 e. The second-order valence-corrected chi connectivity index (χ2v) is 4.24. The number of halogens is 3. The van der Waals surface area contributed by atoms with Crippen LogP contribution in [-0.2, 0) is 6.18 Å². The number of pyridine rings is 1. The highest BCUT2D eigenvalue weighted by molar-refractivity contribution is 5.52. The maximum atomic E-state index is 12.5. The Morgan fingerprint density at radius 1 is 1.32 bits per heavy atom. The molecule has 4 nitrogen and oxygen atoms in total. The summed E-state index contributed by atoms with van der Waals surface area (Å²) in [6.07, 6.45) is -4.51. The van der Waals surface area contributed by atoms with E-state index in [1.807, 2.05) is 19.9 Å². The van der Waals surface area contributed by atoms with E-state index in [0.717, 1.165) is 12.1 Å². The second kappa shape index (κ2) is 6.38. The van der Waals surface area contributed by atoms with E-state index >= 15 is 0 Å². The molecule has 0 fully saturated rings. The van der Waals surface area contributed by atoms with Gasteiger partial charge in [-0.1, -0.05) is 13.8 Å². The smallest absolute Gasteiger partial charge is 0.368 e. The van der Waals surface area contributed by atoms with Gasteiger partial charge in [0, 0.05) is 19.1 Å². The second-order valence-electron chi connectivity index (χ2n) is 4.24. The lowest BCUT2D eigenvalue weighted by Crippen LogP contribution is -2.28. The van der Waals surface area contributed by atoms with Gasteiger partial charge in [0.2, 0.25) is 0 Å². The molecular formula is C12H15F3N4. The molecule has 1 rings (SSSR count). The van der Waals surface area contributed by atoms with Crippen LogP contribution in [0.5, 0.6) is 0 Å². The van der Waals surface area contributed by atoms with Crippen LogP contribution in [0.25, 0.3) is 0 Å². The Morgan fingerprint density at radius 3 is 2.53 bits per heavy atom. The van der Waals surface area contributed by atoms with E-state index in [4.69, 9.17) is 5.26 Å². The molecule has 19 heavy (non-hydrogen) atoms. The van der Waals surface area contributed by atoms with Crippen LogP contribution in [0.2, 0.25) is 0 Å². The topological polar surface area (TPSA) is 60.7 Å². The molecule has 0 aliphatic carbocycles. The minimum absolute atomic E-state index is 0.0390. The van der Waals surface area contributed by atoms with Crippen LogP contribution < -0.4 is 10.6 Å². The van der Waals surface area contributed by atoms with E-state index in [2.05, 4.69) is 15.6 Å². The van der Waals surface area contributed by atoms with Crippen molar-refractivity contribution in [2.45, 2.75) is 26.1 Å². The minimum Gasteiger partial charge on any atom is -0.368 e. The van der Waals surface area contributed by atoms with Crippen LogP contribution in [0.15, 0.2) is 12.1 Å². The zero-order valence-corrected chi connectivity index (χ0v) is 10.7. The quantitative estimate of drug-likeness (QED) is 0.808. The van der Waals surface area contributed by atoms with Crippen LogP contribution in [0.4, 0.5) is 19.0 Å². The molecule has 1 aromatic rings. The van der Waals surface area contributed by atoms with Gasteiger partial charge >= 0.3 is 6.18 Å². The summed E-state index contributed by atoms with van der Waals surface area (Å²) in [6, 6.07) is 4.02. The molecule has 0 aliphatic heterocycles. The van der Waals surface area contributed by atoms with E-state index in [0.29, 0.717) is 13.1 Å². The zero-order chi connectivity index (χ0) is 14.5. The molecule has 2 N–H and O–H groups in total. The van der Waals surface area contributed by atoms with Gasteiger partial charge in [-0.15, -0.1) is 0 Å². The highest BCUT2D eigenvalue weighted by Gasteiger charge is 2.33. The van der Waals surface area contributed by atoms with E-state index in [1.165, 1.54) is 0 Å².